The summed E-state index contributed by atoms with van der Waals surface area (Å²) in [7, 11) is -2.23. The number of nitrogens with one attached hydrogen (secondary N) is 1. The fourth-order valence-corrected chi connectivity index (χ4v) is 3.56. The van der Waals surface area contributed by atoms with Gasteiger partial charge in [0.2, 0.25) is 0 Å². The van der Waals surface area contributed by atoms with Gasteiger partial charge in [-0.1, -0.05) is 6.92 Å². The molecule has 0 saturated heterocycles. The average Bonchev–Trinajstić information content (AvgIpc) is 2.72. The third-order valence-electron chi connectivity index (χ3n) is 2.83. The number of nitrogens with two attached hydrogens (primary N) is 1. The molecule has 0 unspecified atom stereocenters. The van der Waals surface area contributed by atoms with Crippen LogP contribution in [0.4, 0.5) is 15.8 Å². The van der Waals surface area contributed by atoms with Crippen LogP contribution in [0.1, 0.15) is 12.6 Å². The Morgan fingerprint density at radius 2 is 2.14 bits per heavy atom. The quantitative estimate of drug-likeness (QED) is 0.800. The molecule has 3 N–H and O–H groups in total. The molecule has 6 nitrogen and oxygen atoms in total. The first-order valence-corrected chi connectivity index (χ1v) is 8.32. The Bertz CT molecular complexity index is 789. The number of aryl methyl sites for hydroxylation is 2. The van der Waals surface area contributed by atoms with E-state index in [-0.39, 0.29) is 15.1 Å². The van der Waals surface area contributed by atoms with E-state index in [2.05, 4.69) is 25.8 Å². The summed E-state index contributed by atoms with van der Waals surface area (Å²) in [5.74, 6) is -0.623. The van der Waals surface area contributed by atoms with E-state index in [0.717, 1.165) is 12.1 Å². The van der Waals surface area contributed by atoms with Gasteiger partial charge in [-0.25, -0.2) is 12.8 Å². The van der Waals surface area contributed by atoms with E-state index in [0.29, 0.717) is 17.8 Å². The van der Waals surface area contributed by atoms with Gasteiger partial charge >= 0.3 is 0 Å². The van der Waals surface area contributed by atoms with Crippen LogP contribution in [0, 0.1) is 5.82 Å². The van der Waals surface area contributed by atoms with Crippen molar-refractivity contribution in [1.29, 1.82) is 0 Å². The molecule has 0 aliphatic carbocycles. The van der Waals surface area contributed by atoms with E-state index in [1.165, 1.54) is 4.68 Å². The van der Waals surface area contributed by atoms with Crippen molar-refractivity contribution in [2.75, 3.05) is 10.5 Å². The molecule has 1 aromatic heterocycles. The van der Waals surface area contributed by atoms with Crippen molar-refractivity contribution in [3.8, 4) is 0 Å². The van der Waals surface area contributed by atoms with Crippen LogP contribution in [-0.4, -0.2) is 18.2 Å². The van der Waals surface area contributed by atoms with Crippen molar-refractivity contribution >= 4 is 37.3 Å². The fraction of sp³-hybridized carbons (Fsp3) is 0.250. The maximum atomic E-state index is 13.3. The molecule has 0 aliphatic heterocycles. The lowest BCUT2D eigenvalue weighted by Gasteiger charge is -2.10. The lowest BCUT2D eigenvalue weighted by molar-refractivity contribution is 0.599. The molecule has 0 saturated carbocycles. The molecule has 0 amide bonds. The van der Waals surface area contributed by atoms with Crippen molar-refractivity contribution in [2.45, 2.75) is 18.2 Å². The van der Waals surface area contributed by atoms with Gasteiger partial charge in [-0.2, -0.15) is 5.10 Å². The van der Waals surface area contributed by atoms with Crippen LogP contribution in [0.2, 0.25) is 0 Å². The average molecular weight is 377 g/mol. The Morgan fingerprint density at radius 1 is 1.48 bits per heavy atom. The van der Waals surface area contributed by atoms with E-state index >= 15 is 0 Å². The molecule has 0 radical (unpaired) electrons. The van der Waals surface area contributed by atoms with Crippen molar-refractivity contribution in [3.63, 3.8) is 0 Å². The third kappa shape index (κ3) is 3.18. The minimum atomic E-state index is -3.93. The first-order chi connectivity index (χ1) is 9.74. The highest BCUT2D eigenvalue weighted by atomic mass is 79.9. The second-order valence-electron chi connectivity index (χ2n) is 4.43. The summed E-state index contributed by atoms with van der Waals surface area (Å²) in [6, 6.07) is 2.09. The summed E-state index contributed by atoms with van der Waals surface area (Å²) < 4.78 is 42.1. The Hall–Kier alpha value is -1.61. The van der Waals surface area contributed by atoms with Crippen LogP contribution in [0.25, 0.3) is 0 Å². The SMILES string of the molecule is CCc1nn(C)cc1NS(=O)(=O)c1cc(Br)c(F)cc1N. The number of benzene rings is 1. The van der Waals surface area contributed by atoms with Crippen LogP contribution >= 0.6 is 15.9 Å². The van der Waals surface area contributed by atoms with Crippen LogP contribution < -0.4 is 10.5 Å². The van der Waals surface area contributed by atoms with Gasteiger partial charge in [0.25, 0.3) is 10.0 Å². The highest BCUT2D eigenvalue weighted by Crippen LogP contribution is 2.28. The first-order valence-electron chi connectivity index (χ1n) is 6.04. The smallest absolute Gasteiger partial charge is 0.264 e. The van der Waals surface area contributed by atoms with Gasteiger partial charge in [-0.3, -0.25) is 9.40 Å². The molecule has 9 heteroatoms. The van der Waals surface area contributed by atoms with E-state index in [4.69, 9.17) is 5.73 Å². The molecular weight excluding hydrogens is 363 g/mol. The van der Waals surface area contributed by atoms with Crippen LogP contribution in [0.15, 0.2) is 27.7 Å². The van der Waals surface area contributed by atoms with Crippen molar-refractivity contribution < 1.29 is 12.8 Å². The number of anilines is 2. The minimum Gasteiger partial charge on any atom is -0.398 e. The van der Waals surface area contributed by atoms with Gasteiger partial charge in [-0.05, 0) is 34.5 Å². The number of rotatable bonds is 4. The largest absolute Gasteiger partial charge is 0.398 e. The molecule has 0 fully saturated rings. The molecule has 114 valence electrons. The molecule has 0 aliphatic rings. The summed E-state index contributed by atoms with van der Waals surface area (Å²) in [6.45, 7) is 1.86. The maximum absolute atomic E-state index is 13.3. The number of aromatic nitrogens is 2. The maximum Gasteiger partial charge on any atom is 0.264 e. The lowest BCUT2D eigenvalue weighted by Crippen LogP contribution is -2.15. The van der Waals surface area contributed by atoms with E-state index in [1.807, 2.05) is 6.92 Å². The molecule has 2 rings (SSSR count). The summed E-state index contributed by atoms with van der Waals surface area (Å²) in [5, 5.41) is 4.15. The number of nitrogens with zero attached hydrogens (tertiary/aromatic N) is 2. The number of halogens is 2. The molecular formula is C12H14BrFN4O2S. The summed E-state index contributed by atoms with van der Waals surface area (Å²) >= 11 is 2.95. The van der Waals surface area contributed by atoms with E-state index in [9.17, 15) is 12.8 Å². The zero-order valence-corrected chi connectivity index (χ0v) is 13.8. The number of hydrogen-bond acceptors (Lipinski definition) is 4. The predicted octanol–water partition coefficient (Wildman–Crippen LogP) is 2.27. The standard InChI is InChI=1S/C12H14BrFN4O2S/c1-3-10-11(6-18(2)16-10)17-21(19,20)12-4-7(13)8(14)5-9(12)15/h4-6,17H,3,15H2,1-2H3. The first kappa shape index (κ1) is 15.8. The zero-order valence-electron chi connectivity index (χ0n) is 11.4. The van der Waals surface area contributed by atoms with Crippen LogP contribution in [-0.2, 0) is 23.5 Å². The Kier molecular flexibility index (Phi) is 4.24. The molecule has 0 spiro atoms. The Balaban J connectivity index is 2.45. The summed E-state index contributed by atoms with van der Waals surface area (Å²) in [4.78, 5) is -0.193. The normalized spacial score (nSPS) is 11.6. The molecule has 1 heterocycles. The molecule has 0 bridgehead atoms. The molecule has 0 atom stereocenters. The Morgan fingerprint density at radius 3 is 2.76 bits per heavy atom. The lowest BCUT2D eigenvalue weighted by atomic mass is 10.3. The summed E-state index contributed by atoms with van der Waals surface area (Å²) in [6.07, 6.45) is 2.13. The van der Waals surface area contributed by atoms with Crippen molar-refractivity contribution in [1.82, 2.24) is 9.78 Å². The van der Waals surface area contributed by atoms with E-state index in [1.54, 1.807) is 13.2 Å². The zero-order chi connectivity index (χ0) is 15.8. The van der Waals surface area contributed by atoms with Crippen molar-refractivity contribution in [3.05, 3.63) is 34.3 Å². The predicted molar refractivity (Wildman–Crippen MR) is 81.9 cm³/mol. The van der Waals surface area contributed by atoms with Gasteiger partial charge in [0.15, 0.2) is 0 Å². The Labute approximate surface area is 130 Å². The van der Waals surface area contributed by atoms with Gasteiger partial charge in [0.1, 0.15) is 10.7 Å². The van der Waals surface area contributed by atoms with Crippen molar-refractivity contribution in [2.24, 2.45) is 7.05 Å². The number of sulfonamides is 1. The highest BCUT2D eigenvalue weighted by molar-refractivity contribution is 9.10. The second-order valence-corrected chi connectivity index (χ2v) is 6.93. The molecule has 2 aromatic rings. The topological polar surface area (TPSA) is 90.0 Å². The highest BCUT2D eigenvalue weighted by Gasteiger charge is 2.21. The second kappa shape index (κ2) is 5.64. The summed E-state index contributed by atoms with van der Waals surface area (Å²) in [5.41, 5.74) is 6.43. The van der Waals surface area contributed by atoms with E-state index < -0.39 is 15.8 Å². The molecule has 21 heavy (non-hydrogen) atoms. The van der Waals surface area contributed by atoms with Gasteiger partial charge < -0.3 is 5.73 Å². The number of nitrogen functional groups attached to an aromatic ring is 1. The molecule has 1 aromatic carbocycles. The van der Waals surface area contributed by atoms with Gasteiger partial charge in [0, 0.05) is 13.2 Å². The third-order valence-corrected chi connectivity index (χ3v) is 4.86. The van der Waals surface area contributed by atoms with Crippen LogP contribution in [0.3, 0.4) is 0 Å². The fourth-order valence-electron chi connectivity index (χ4n) is 1.86. The van der Waals surface area contributed by atoms with Gasteiger partial charge in [-0.15, -0.1) is 0 Å². The minimum absolute atomic E-state index is 0.0268. The van der Waals surface area contributed by atoms with Crippen LogP contribution in [0.5, 0.6) is 0 Å². The number of hydrogen-bond donors (Lipinski definition) is 2. The monoisotopic (exact) mass is 376 g/mol. The van der Waals surface area contributed by atoms with Gasteiger partial charge in [0.05, 0.1) is 21.5 Å².